The number of hydrogen-bond acceptors (Lipinski definition) is 4. The molecule has 1 heterocycles. The highest BCUT2D eigenvalue weighted by Crippen LogP contribution is 2.40. The third-order valence-electron chi connectivity index (χ3n) is 3.25. The van der Waals surface area contributed by atoms with E-state index in [2.05, 4.69) is 0 Å². The van der Waals surface area contributed by atoms with Crippen molar-refractivity contribution in [3.63, 3.8) is 0 Å². The fraction of sp³-hybridized carbons (Fsp3) is 0.188. The van der Waals surface area contributed by atoms with E-state index in [9.17, 15) is 4.79 Å². The Balaban J connectivity index is 2.14. The first kappa shape index (κ1) is 12.5. The molecule has 1 aliphatic heterocycles. The van der Waals surface area contributed by atoms with Gasteiger partial charge in [0.2, 0.25) is 6.79 Å². The highest BCUT2D eigenvalue weighted by molar-refractivity contribution is 5.99. The maximum absolute atomic E-state index is 11.8. The molecule has 0 amide bonds. The Bertz CT molecular complexity index is 676. The number of ether oxygens (including phenoxy) is 3. The molecule has 0 fully saturated rings. The molecule has 102 valence electrons. The van der Waals surface area contributed by atoms with E-state index in [1.165, 1.54) is 6.92 Å². The van der Waals surface area contributed by atoms with Crippen molar-refractivity contribution in [2.75, 3.05) is 13.9 Å². The number of rotatable bonds is 3. The number of benzene rings is 2. The number of hydrogen-bond donors (Lipinski definition) is 0. The Labute approximate surface area is 116 Å². The minimum Gasteiger partial charge on any atom is -0.497 e. The molecular weight excluding hydrogens is 256 g/mol. The van der Waals surface area contributed by atoms with Crippen molar-refractivity contribution in [2.24, 2.45) is 0 Å². The normalized spacial score (nSPS) is 12.3. The molecule has 2 aromatic rings. The van der Waals surface area contributed by atoms with Crippen LogP contribution < -0.4 is 14.2 Å². The van der Waals surface area contributed by atoms with Gasteiger partial charge in [-0.15, -0.1) is 0 Å². The number of Topliss-reactive ketones (excluding diaryl/α,β-unsaturated/α-hetero) is 1. The molecule has 0 aromatic heterocycles. The Morgan fingerprint density at radius 1 is 1.15 bits per heavy atom. The topological polar surface area (TPSA) is 44.8 Å². The van der Waals surface area contributed by atoms with Gasteiger partial charge in [-0.3, -0.25) is 4.79 Å². The van der Waals surface area contributed by atoms with E-state index in [1.807, 2.05) is 36.4 Å². The van der Waals surface area contributed by atoms with Crippen molar-refractivity contribution in [1.82, 2.24) is 0 Å². The summed E-state index contributed by atoms with van der Waals surface area (Å²) < 4.78 is 16.0. The van der Waals surface area contributed by atoms with Gasteiger partial charge in [0.15, 0.2) is 17.3 Å². The molecule has 3 rings (SSSR count). The molecule has 0 radical (unpaired) electrons. The quantitative estimate of drug-likeness (QED) is 0.803. The zero-order valence-electron chi connectivity index (χ0n) is 11.3. The number of carbonyl (C=O) groups is 1. The first-order chi connectivity index (χ1) is 9.69. The predicted molar refractivity (Wildman–Crippen MR) is 74.6 cm³/mol. The molecule has 0 atom stereocenters. The first-order valence-electron chi connectivity index (χ1n) is 6.28. The summed E-state index contributed by atoms with van der Waals surface area (Å²) in [5.74, 6) is 1.86. The molecule has 20 heavy (non-hydrogen) atoms. The molecule has 0 saturated heterocycles. The van der Waals surface area contributed by atoms with E-state index >= 15 is 0 Å². The van der Waals surface area contributed by atoms with Crippen molar-refractivity contribution in [3.8, 4) is 28.4 Å². The monoisotopic (exact) mass is 270 g/mol. The van der Waals surface area contributed by atoms with Crippen LogP contribution >= 0.6 is 0 Å². The predicted octanol–water partition coefficient (Wildman–Crippen LogP) is 3.29. The lowest BCUT2D eigenvalue weighted by atomic mass is 10.00. The van der Waals surface area contributed by atoms with Crippen molar-refractivity contribution in [1.29, 1.82) is 0 Å². The van der Waals surface area contributed by atoms with Crippen molar-refractivity contribution >= 4 is 5.78 Å². The van der Waals surface area contributed by atoms with Crippen LogP contribution in [0.15, 0.2) is 36.4 Å². The van der Waals surface area contributed by atoms with Gasteiger partial charge in [-0.1, -0.05) is 12.1 Å². The van der Waals surface area contributed by atoms with Crippen molar-refractivity contribution in [2.45, 2.75) is 6.92 Å². The summed E-state index contributed by atoms with van der Waals surface area (Å²) in [7, 11) is 1.62. The lowest BCUT2D eigenvalue weighted by Gasteiger charge is -2.08. The lowest BCUT2D eigenvalue weighted by Crippen LogP contribution is -1.97. The molecule has 0 saturated carbocycles. The molecule has 4 heteroatoms. The summed E-state index contributed by atoms with van der Waals surface area (Å²) in [5, 5.41) is 0. The molecule has 0 spiro atoms. The van der Waals surface area contributed by atoms with Crippen LogP contribution in [0.25, 0.3) is 11.1 Å². The Hall–Kier alpha value is -2.49. The second-order valence-corrected chi connectivity index (χ2v) is 4.55. The molecule has 2 aromatic carbocycles. The Morgan fingerprint density at radius 2 is 2.00 bits per heavy atom. The van der Waals surface area contributed by atoms with E-state index in [1.54, 1.807) is 7.11 Å². The average Bonchev–Trinajstić information content (AvgIpc) is 2.94. The van der Waals surface area contributed by atoms with Gasteiger partial charge < -0.3 is 14.2 Å². The van der Waals surface area contributed by atoms with Crippen molar-refractivity contribution < 1.29 is 19.0 Å². The van der Waals surface area contributed by atoms with Gasteiger partial charge in [-0.2, -0.15) is 0 Å². The lowest BCUT2D eigenvalue weighted by molar-refractivity contribution is 0.101. The summed E-state index contributed by atoms with van der Waals surface area (Å²) in [6, 6.07) is 11.4. The van der Waals surface area contributed by atoms with E-state index in [-0.39, 0.29) is 12.6 Å². The summed E-state index contributed by atoms with van der Waals surface area (Å²) in [4.78, 5) is 11.8. The summed E-state index contributed by atoms with van der Waals surface area (Å²) in [6.07, 6.45) is 0. The zero-order valence-corrected chi connectivity index (χ0v) is 11.3. The molecular formula is C16H14O4. The van der Waals surface area contributed by atoms with Crippen LogP contribution in [0.3, 0.4) is 0 Å². The van der Waals surface area contributed by atoms with Crippen LogP contribution in [0.2, 0.25) is 0 Å². The molecule has 4 nitrogen and oxygen atoms in total. The third-order valence-corrected chi connectivity index (χ3v) is 3.25. The maximum atomic E-state index is 11.8. The summed E-state index contributed by atoms with van der Waals surface area (Å²) >= 11 is 0. The summed E-state index contributed by atoms with van der Waals surface area (Å²) in [5.41, 5.74) is 2.40. The van der Waals surface area contributed by atoms with Gasteiger partial charge in [0.05, 0.1) is 12.7 Å². The smallest absolute Gasteiger partial charge is 0.231 e. The van der Waals surface area contributed by atoms with E-state index in [0.717, 1.165) is 16.9 Å². The van der Waals surface area contributed by atoms with E-state index in [4.69, 9.17) is 14.2 Å². The molecule has 1 aliphatic rings. The van der Waals surface area contributed by atoms with Gasteiger partial charge in [0.1, 0.15) is 5.75 Å². The second kappa shape index (κ2) is 4.89. The molecule has 0 N–H and O–H groups in total. The fourth-order valence-corrected chi connectivity index (χ4v) is 2.24. The van der Waals surface area contributed by atoms with Crippen LogP contribution in [0.1, 0.15) is 17.3 Å². The van der Waals surface area contributed by atoms with Crippen LogP contribution in [0.5, 0.6) is 17.2 Å². The highest BCUT2D eigenvalue weighted by Gasteiger charge is 2.22. The van der Waals surface area contributed by atoms with Crippen LogP contribution in [0, 0.1) is 0 Å². The highest BCUT2D eigenvalue weighted by atomic mass is 16.7. The maximum Gasteiger partial charge on any atom is 0.231 e. The van der Waals surface area contributed by atoms with Crippen LogP contribution in [0.4, 0.5) is 0 Å². The molecule has 0 bridgehead atoms. The Kier molecular flexibility index (Phi) is 3.06. The number of carbonyl (C=O) groups excluding carboxylic acids is 1. The largest absolute Gasteiger partial charge is 0.497 e. The van der Waals surface area contributed by atoms with Gasteiger partial charge in [-0.05, 0) is 42.3 Å². The van der Waals surface area contributed by atoms with Gasteiger partial charge in [0, 0.05) is 0 Å². The minimum absolute atomic E-state index is 0.0449. The first-order valence-corrected chi connectivity index (χ1v) is 6.28. The number of fused-ring (bicyclic) bond motifs is 1. The van der Waals surface area contributed by atoms with Gasteiger partial charge in [-0.25, -0.2) is 0 Å². The summed E-state index contributed by atoms with van der Waals surface area (Å²) in [6.45, 7) is 1.67. The van der Waals surface area contributed by atoms with Crippen LogP contribution in [-0.2, 0) is 0 Å². The fourth-order valence-electron chi connectivity index (χ4n) is 2.24. The number of ketones is 1. The zero-order chi connectivity index (χ0) is 14.1. The van der Waals surface area contributed by atoms with E-state index < -0.39 is 0 Å². The van der Waals surface area contributed by atoms with E-state index in [0.29, 0.717) is 17.1 Å². The van der Waals surface area contributed by atoms with Crippen molar-refractivity contribution in [3.05, 3.63) is 42.0 Å². The minimum atomic E-state index is -0.0449. The number of methoxy groups -OCH3 is 1. The molecule has 0 unspecified atom stereocenters. The average molecular weight is 270 g/mol. The van der Waals surface area contributed by atoms with Gasteiger partial charge >= 0.3 is 0 Å². The standard InChI is InChI=1S/C16H14O4/c1-10(17)14-7-12(8-15-16(14)20-9-19-15)11-4-3-5-13(6-11)18-2/h3-8H,9H2,1-2H3. The Morgan fingerprint density at radius 3 is 2.75 bits per heavy atom. The molecule has 0 aliphatic carbocycles. The van der Waals surface area contributed by atoms with Crippen LogP contribution in [-0.4, -0.2) is 19.7 Å². The SMILES string of the molecule is COc1cccc(-c2cc3c(c(C(C)=O)c2)OCO3)c1. The van der Waals surface area contributed by atoms with Gasteiger partial charge in [0.25, 0.3) is 0 Å². The second-order valence-electron chi connectivity index (χ2n) is 4.55. The third kappa shape index (κ3) is 2.09.